The maximum absolute atomic E-state index is 3.65. The highest BCUT2D eigenvalue weighted by atomic mass is 32.2. The number of hydrogen-bond donors (Lipinski definition) is 1. The van der Waals surface area contributed by atoms with E-state index in [0.29, 0.717) is 6.04 Å². The van der Waals surface area contributed by atoms with Gasteiger partial charge >= 0.3 is 0 Å². The zero-order valence-electron chi connectivity index (χ0n) is 11.1. The molecule has 94 valence electrons. The van der Waals surface area contributed by atoms with E-state index in [1.54, 1.807) is 11.8 Å². The maximum Gasteiger partial charge on any atom is 0.0291 e. The molecule has 2 atom stereocenters. The number of hydrogen-bond acceptors (Lipinski definition) is 2. The van der Waals surface area contributed by atoms with E-state index in [1.807, 2.05) is 0 Å². The van der Waals surface area contributed by atoms with Crippen molar-refractivity contribution in [1.82, 2.24) is 5.32 Å². The number of benzene rings is 1. The first kappa shape index (κ1) is 13.0. The molecule has 0 aromatic heterocycles. The SMILES string of the molecule is CSc1ccc(C(C)NCC(C)C2CC2)cc1. The van der Waals surface area contributed by atoms with Crippen molar-refractivity contribution in [1.29, 1.82) is 0 Å². The van der Waals surface area contributed by atoms with Crippen LogP contribution in [0.15, 0.2) is 29.2 Å². The van der Waals surface area contributed by atoms with Crippen LogP contribution in [0.5, 0.6) is 0 Å². The molecule has 1 aromatic carbocycles. The number of nitrogens with one attached hydrogen (secondary N) is 1. The van der Waals surface area contributed by atoms with E-state index in [1.165, 1.54) is 23.3 Å². The van der Waals surface area contributed by atoms with Crippen molar-refractivity contribution in [3.05, 3.63) is 29.8 Å². The standard InChI is InChI=1S/C15H23NS/c1-11(13-4-5-13)10-16-12(2)14-6-8-15(17-3)9-7-14/h6-9,11-13,16H,4-5,10H2,1-3H3. The lowest BCUT2D eigenvalue weighted by molar-refractivity contribution is 0.432. The molecule has 1 aliphatic carbocycles. The zero-order chi connectivity index (χ0) is 12.3. The van der Waals surface area contributed by atoms with Gasteiger partial charge in [-0.25, -0.2) is 0 Å². The van der Waals surface area contributed by atoms with Gasteiger partial charge in [-0.05, 0) is 62.1 Å². The van der Waals surface area contributed by atoms with Gasteiger partial charge in [-0.3, -0.25) is 0 Å². The van der Waals surface area contributed by atoms with Gasteiger partial charge in [0.2, 0.25) is 0 Å². The Hall–Kier alpha value is -0.470. The minimum atomic E-state index is 0.465. The van der Waals surface area contributed by atoms with Crippen LogP contribution in [0.4, 0.5) is 0 Å². The zero-order valence-corrected chi connectivity index (χ0v) is 11.9. The fourth-order valence-corrected chi connectivity index (χ4v) is 2.61. The monoisotopic (exact) mass is 249 g/mol. The van der Waals surface area contributed by atoms with Crippen LogP contribution in [-0.4, -0.2) is 12.8 Å². The van der Waals surface area contributed by atoms with E-state index in [9.17, 15) is 0 Å². The molecule has 1 nitrogen and oxygen atoms in total. The molecule has 1 aromatic rings. The fraction of sp³-hybridized carbons (Fsp3) is 0.600. The average Bonchev–Trinajstić information content (AvgIpc) is 3.20. The van der Waals surface area contributed by atoms with E-state index >= 15 is 0 Å². The molecule has 1 saturated carbocycles. The van der Waals surface area contributed by atoms with Gasteiger partial charge in [0, 0.05) is 10.9 Å². The Morgan fingerprint density at radius 2 is 1.88 bits per heavy atom. The Labute approximate surface area is 109 Å². The van der Waals surface area contributed by atoms with Crippen molar-refractivity contribution in [3.63, 3.8) is 0 Å². The van der Waals surface area contributed by atoms with Crippen LogP contribution in [0.25, 0.3) is 0 Å². The van der Waals surface area contributed by atoms with Crippen LogP contribution in [0.2, 0.25) is 0 Å². The van der Waals surface area contributed by atoms with E-state index in [-0.39, 0.29) is 0 Å². The minimum absolute atomic E-state index is 0.465. The minimum Gasteiger partial charge on any atom is -0.310 e. The second-order valence-electron chi connectivity index (χ2n) is 5.22. The van der Waals surface area contributed by atoms with Crippen molar-refractivity contribution in [2.45, 2.75) is 37.6 Å². The summed E-state index contributed by atoms with van der Waals surface area (Å²) >= 11 is 1.80. The second kappa shape index (κ2) is 5.92. The van der Waals surface area contributed by atoms with Gasteiger partial charge in [-0.15, -0.1) is 11.8 Å². The highest BCUT2D eigenvalue weighted by Gasteiger charge is 2.27. The molecule has 1 aliphatic rings. The first-order valence-electron chi connectivity index (χ1n) is 6.58. The Balaban J connectivity index is 1.82. The average molecular weight is 249 g/mol. The molecule has 1 fully saturated rings. The van der Waals surface area contributed by atoms with E-state index in [2.05, 4.69) is 49.7 Å². The molecule has 2 rings (SSSR count). The normalized spacial score (nSPS) is 19.0. The lowest BCUT2D eigenvalue weighted by Crippen LogP contribution is -2.25. The van der Waals surface area contributed by atoms with Gasteiger partial charge < -0.3 is 5.32 Å². The lowest BCUT2D eigenvalue weighted by Gasteiger charge is -2.18. The third-order valence-corrected chi connectivity index (χ3v) is 4.53. The molecule has 2 unspecified atom stereocenters. The van der Waals surface area contributed by atoms with Crippen molar-refractivity contribution in [3.8, 4) is 0 Å². The smallest absolute Gasteiger partial charge is 0.0291 e. The van der Waals surface area contributed by atoms with E-state index in [4.69, 9.17) is 0 Å². The Morgan fingerprint density at radius 1 is 1.24 bits per heavy atom. The summed E-state index contributed by atoms with van der Waals surface area (Å²) in [5.74, 6) is 1.83. The molecule has 0 saturated heterocycles. The summed E-state index contributed by atoms with van der Waals surface area (Å²) in [7, 11) is 0. The van der Waals surface area contributed by atoms with E-state index in [0.717, 1.165) is 18.4 Å². The predicted molar refractivity (Wildman–Crippen MR) is 76.5 cm³/mol. The molecule has 2 heteroatoms. The highest BCUT2D eigenvalue weighted by Crippen LogP contribution is 2.36. The second-order valence-corrected chi connectivity index (χ2v) is 6.10. The quantitative estimate of drug-likeness (QED) is 0.762. The van der Waals surface area contributed by atoms with Gasteiger partial charge in [-0.1, -0.05) is 19.1 Å². The Morgan fingerprint density at radius 3 is 2.41 bits per heavy atom. The predicted octanol–water partition coefficient (Wildman–Crippen LogP) is 4.11. The summed E-state index contributed by atoms with van der Waals surface area (Å²) in [6.07, 6.45) is 5.01. The van der Waals surface area contributed by atoms with Crippen LogP contribution in [0.3, 0.4) is 0 Å². The van der Waals surface area contributed by atoms with Crippen molar-refractivity contribution in [2.75, 3.05) is 12.8 Å². The number of rotatable bonds is 6. The molecule has 0 heterocycles. The Bertz CT molecular complexity index is 342. The Kier molecular flexibility index (Phi) is 4.52. The molecule has 0 amide bonds. The van der Waals surface area contributed by atoms with Crippen molar-refractivity contribution in [2.24, 2.45) is 11.8 Å². The largest absolute Gasteiger partial charge is 0.310 e. The van der Waals surface area contributed by atoms with Gasteiger partial charge in [-0.2, -0.15) is 0 Å². The van der Waals surface area contributed by atoms with Gasteiger partial charge in [0.15, 0.2) is 0 Å². The third-order valence-electron chi connectivity index (χ3n) is 3.79. The molecule has 0 bridgehead atoms. The number of thioether (sulfide) groups is 1. The highest BCUT2D eigenvalue weighted by molar-refractivity contribution is 7.98. The molecule has 0 radical (unpaired) electrons. The third kappa shape index (κ3) is 3.75. The van der Waals surface area contributed by atoms with E-state index < -0.39 is 0 Å². The maximum atomic E-state index is 3.65. The molecule has 1 N–H and O–H groups in total. The summed E-state index contributed by atoms with van der Waals surface area (Å²) in [6.45, 7) is 5.78. The van der Waals surface area contributed by atoms with Gasteiger partial charge in [0.25, 0.3) is 0 Å². The first-order valence-corrected chi connectivity index (χ1v) is 7.80. The molecular formula is C15H23NS. The first-order chi connectivity index (χ1) is 8.20. The van der Waals surface area contributed by atoms with Crippen LogP contribution in [-0.2, 0) is 0 Å². The van der Waals surface area contributed by atoms with Gasteiger partial charge in [0.1, 0.15) is 0 Å². The van der Waals surface area contributed by atoms with Crippen molar-refractivity contribution < 1.29 is 0 Å². The summed E-state index contributed by atoms with van der Waals surface area (Å²) in [6, 6.07) is 9.37. The summed E-state index contributed by atoms with van der Waals surface area (Å²) in [4.78, 5) is 1.34. The van der Waals surface area contributed by atoms with Gasteiger partial charge in [0.05, 0.1) is 0 Å². The molecular weight excluding hydrogens is 226 g/mol. The topological polar surface area (TPSA) is 12.0 Å². The van der Waals surface area contributed by atoms with Crippen LogP contribution in [0, 0.1) is 11.8 Å². The van der Waals surface area contributed by atoms with Crippen LogP contribution >= 0.6 is 11.8 Å². The molecule has 0 aliphatic heterocycles. The molecule has 17 heavy (non-hydrogen) atoms. The lowest BCUT2D eigenvalue weighted by atomic mass is 10.0. The fourth-order valence-electron chi connectivity index (χ4n) is 2.21. The summed E-state index contributed by atoms with van der Waals surface area (Å²) < 4.78 is 0. The molecule has 0 spiro atoms. The summed E-state index contributed by atoms with van der Waals surface area (Å²) in [5.41, 5.74) is 1.39. The van der Waals surface area contributed by atoms with Crippen LogP contribution in [0.1, 0.15) is 38.3 Å². The summed E-state index contributed by atoms with van der Waals surface area (Å²) in [5, 5.41) is 3.65. The van der Waals surface area contributed by atoms with Crippen LogP contribution < -0.4 is 5.32 Å². The van der Waals surface area contributed by atoms with Crippen molar-refractivity contribution >= 4 is 11.8 Å².